The van der Waals surface area contributed by atoms with Crippen LogP contribution in [0.15, 0.2) is 18.2 Å². The van der Waals surface area contributed by atoms with E-state index in [-0.39, 0.29) is 11.8 Å². The van der Waals surface area contributed by atoms with Crippen LogP contribution in [0.4, 0.5) is 0 Å². The fourth-order valence-corrected chi connectivity index (χ4v) is 4.53. The van der Waals surface area contributed by atoms with Gasteiger partial charge < -0.3 is 14.8 Å². The molecular formula is C21H26N6O. The molecule has 0 spiro atoms. The van der Waals surface area contributed by atoms with Gasteiger partial charge in [-0.05, 0) is 38.4 Å². The summed E-state index contributed by atoms with van der Waals surface area (Å²) in [5, 5.41) is 7.48. The summed E-state index contributed by atoms with van der Waals surface area (Å²) in [6.07, 6.45) is 2.95. The highest BCUT2D eigenvalue weighted by molar-refractivity contribution is 5.94. The van der Waals surface area contributed by atoms with Crippen LogP contribution < -0.4 is 0 Å². The van der Waals surface area contributed by atoms with Crippen molar-refractivity contribution < 1.29 is 4.79 Å². The largest absolute Gasteiger partial charge is 0.342 e. The zero-order valence-electron chi connectivity index (χ0n) is 16.5. The third-order valence-electron chi connectivity index (χ3n) is 6.15. The molecule has 1 saturated heterocycles. The van der Waals surface area contributed by atoms with Crippen molar-refractivity contribution in [2.45, 2.75) is 38.6 Å². The average Bonchev–Trinajstić information content (AvgIpc) is 3.32. The summed E-state index contributed by atoms with van der Waals surface area (Å²) in [6, 6.07) is 6.20. The van der Waals surface area contributed by atoms with Crippen LogP contribution in [0.25, 0.3) is 11.0 Å². The van der Waals surface area contributed by atoms with Gasteiger partial charge in [-0.3, -0.25) is 9.89 Å². The summed E-state index contributed by atoms with van der Waals surface area (Å²) in [5.74, 6) is 1.28. The van der Waals surface area contributed by atoms with E-state index in [9.17, 15) is 4.79 Å². The van der Waals surface area contributed by atoms with Crippen molar-refractivity contribution in [3.8, 4) is 0 Å². The molecule has 146 valence electrons. The number of carbonyl (C=O) groups is 1. The average molecular weight is 378 g/mol. The molecule has 1 aromatic carbocycles. The van der Waals surface area contributed by atoms with Gasteiger partial charge in [0, 0.05) is 49.8 Å². The van der Waals surface area contributed by atoms with Crippen LogP contribution in [0.2, 0.25) is 0 Å². The molecule has 0 radical (unpaired) electrons. The Morgan fingerprint density at radius 1 is 1.29 bits per heavy atom. The smallest absolute Gasteiger partial charge is 0.274 e. The van der Waals surface area contributed by atoms with Crippen LogP contribution in [0.3, 0.4) is 0 Å². The van der Waals surface area contributed by atoms with Crippen molar-refractivity contribution >= 4 is 16.9 Å². The number of likely N-dealkylation sites (tertiary alicyclic amines) is 1. The second-order valence-corrected chi connectivity index (χ2v) is 8.20. The fourth-order valence-electron chi connectivity index (χ4n) is 4.53. The first-order chi connectivity index (χ1) is 13.6. The summed E-state index contributed by atoms with van der Waals surface area (Å²) in [7, 11) is 2.09. The molecule has 28 heavy (non-hydrogen) atoms. The zero-order chi connectivity index (χ0) is 19.3. The molecular weight excluding hydrogens is 352 g/mol. The zero-order valence-corrected chi connectivity index (χ0v) is 16.5. The lowest BCUT2D eigenvalue weighted by molar-refractivity contribution is 0.0696. The molecule has 7 heteroatoms. The molecule has 1 unspecified atom stereocenters. The Labute approximate surface area is 164 Å². The number of nitrogens with zero attached hydrogens (tertiary/aromatic N) is 4. The van der Waals surface area contributed by atoms with Gasteiger partial charge in [0.2, 0.25) is 0 Å². The van der Waals surface area contributed by atoms with Gasteiger partial charge in [-0.1, -0.05) is 12.1 Å². The fraction of sp³-hybridized carbons (Fsp3) is 0.476. The lowest BCUT2D eigenvalue weighted by Gasteiger charge is -2.32. The Morgan fingerprint density at radius 3 is 3.04 bits per heavy atom. The Morgan fingerprint density at radius 2 is 2.18 bits per heavy atom. The third-order valence-corrected chi connectivity index (χ3v) is 6.15. The number of aryl methyl sites for hydroxylation is 1. The number of amides is 1. The van der Waals surface area contributed by atoms with E-state index in [4.69, 9.17) is 4.98 Å². The highest BCUT2D eigenvalue weighted by Gasteiger charge is 2.31. The number of hydrogen-bond donors (Lipinski definition) is 2. The second-order valence-electron chi connectivity index (χ2n) is 8.20. The van der Waals surface area contributed by atoms with E-state index in [1.165, 1.54) is 5.56 Å². The Bertz CT molecular complexity index is 1030. The van der Waals surface area contributed by atoms with Crippen LogP contribution in [0.5, 0.6) is 0 Å². The number of carbonyl (C=O) groups excluding carboxylic acids is 1. The van der Waals surface area contributed by atoms with Crippen molar-refractivity contribution in [1.29, 1.82) is 0 Å². The molecule has 2 N–H and O–H groups in total. The number of likely N-dealkylation sites (N-methyl/N-ethyl adjacent to an activating group) is 1. The van der Waals surface area contributed by atoms with Crippen molar-refractivity contribution in [2.24, 2.45) is 0 Å². The van der Waals surface area contributed by atoms with E-state index in [0.717, 1.165) is 67.0 Å². The van der Waals surface area contributed by atoms with Crippen molar-refractivity contribution in [1.82, 2.24) is 30.0 Å². The van der Waals surface area contributed by atoms with Crippen molar-refractivity contribution in [3.63, 3.8) is 0 Å². The molecule has 2 aromatic heterocycles. The maximum atomic E-state index is 13.2. The summed E-state index contributed by atoms with van der Waals surface area (Å²) in [5.41, 5.74) is 6.06. The van der Waals surface area contributed by atoms with Gasteiger partial charge in [0.25, 0.3) is 5.91 Å². The number of piperidine rings is 1. The van der Waals surface area contributed by atoms with E-state index in [0.29, 0.717) is 12.2 Å². The van der Waals surface area contributed by atoms with Gasteiger partial charge in [0.05, 0.1) is 11.0 Å². The first kappa shape index (κ1) is 17.4. The normalized spacial score (nSPS) is 20.5. The Kier molecular flexibility index (Phi) is 4.19. The minimum absolute atomic E-state index is 0.0461. The molecule has 7 nitrogen and oxygen atoms in total. The van der Waals surface area contributed by atoms with Gasteiger partial charge in [-0.2, -0.15) is 5.10 Å². The number of fused-ring (bicyclic) bond motifs is 2. The lowest BCUT2D eigenvalue weighted by Crippen LogP contribution is -2.40. The monoisotopic (exact) mass is 378 g/mol. The van der Waals surface area contributed by atoms with E-state index >= 15 is 0 Å². The van der Waals surface area contributed by atoms with Crippen LogP contribution in [0.1, 0.15) is 51.9 Å². The number of para-hydroxylation sites is 1. The number of imidazole rings is 1. The maximum Gasteiger partial charge on any atom is 0.274 e. The summed E-state index contributed by atoms with van der Waals surface area (Å²) >= 11 is 0. The summed E-state index contributed by atoms with van der Waals surface area (Å²) in [6.45, 7) is 5.34. The van der Waals surface area contributed by atoms with Crippen LogP contribution in [-0.4, -0.2) is 62.6 Å². The number of H-pyrrole nitrogens is 2. The topological polar surface area (TPSA) is 80.9 Å². The number of hydrogen-bond acceptors (Lipinski definition) is 4. The predicted molar refractivity (Wildman–Crippen MR) is 107 cm³/mol. The van der Waals surface area contributed by atoms with E-state index in [1.54, 1.807) is 0 Å². The molecule has 0 aliphatic carbocycles. The number of aromatic nitrogens is 4. The van der Waals surface area contributed by atoms with Crippen LogP contribution >= 0.6 is 0 Å². The molecule has 2 aliphatic rings. The first-order valence-electron chi connectivity index (χ1n) is 10.1. The second kappa shape index (κ2) is 6.74. The standard InChI is InChI=1S/C21H26N6O/c1-13-5-3-7-17-18(13)23-20(22-17)14-6-4-9-27(11-14)21(28)19-15-12-26(2)10-8-16(15)24-25-19/h3,5,7,14H,4,6,8-12H2,1-2H3,(H,22,23)(H,24,25). The molecule has 5 rings (SSSR count). The van der Waals surface area contributed by atoms with E-state index < -0.39 is 0 Å². The maximum absolute atomic E-state index is 13.2. The highest BCUT2D eigenvalue weighted by Crippen LogP contribution is 2.29. The van der Waals surface area contributed by atoms with Gasteiger partial charge in [-0.15, -0.1) is 0 Å². The number of benzene rings is 1. The Balaban J connectivity index is 1.39. The molecule has 1 amide bonds. The SMILES string of the molecule is Cc1cccc2[nH]c(C3CCCN(C(=O)c4n[nH]c5c4CN(C)CC5)C3)nc12. The van der Waals surface area contributed by atoms with Crippen LogP contribution in [-0.2, 0) is 13.0 Å². The molecule has 1 fully saturated rings. The molecule has 1 atom stereocenters. The first-order valence-corrected chi connectivity index (χ1v) is 10.1. The van der Waals surface area contributed by atoms with Gasteiger partial charge in [0.15, 0.2) is 5.69 Å². The number of nitrogens with one attached hydrogen (secondary N) is 2. The van der Waals surface area contributed by atoms with Crippen molar-refractivity contribution in [3.05, 3.63) is 46.5 Å². The van der Waals surface area contributed by atoms with Crippen LogP contribution in [0, 0.1) is 6.92 Å². The van der Waals surface area contributed by atoms with Gasteiger partial charge >= 0.3 is 0 Å². The van der Waals surface area contributed by atoms with Gasteiger partial charge in [0.1, 0.15) is 5.82 Å². The number of rotatable bonds is 2. The molecule has 0 bridgehead atoms. The summed E-state index contributed by atoms with van der Waals surface area (Å²) < 4.78 is 0. The third kappa shape index (κ3) is 2.90. The number of aromatic amines is 2. The van der Waals surface area contributed by atoms with Gasteiger partial charge in [-0.25, -0.2) is 4.98 Å². The van der Waals surface area contributed by atoms with E-state index in [2.05, 4.69) is 46.2 Å². The minimum atomic E-state index is 0.0461. The highest BCUT2D eigenvalue weighted by atomic mass is 16.2. The quantitative estimate of drug-likeness (QED) is 0.718. The molecule has 4 heterocycles. The van der Waals surface area contributed by atoms with Crippen molar-refractivity contribution in [2.75, 3.05) is 26.7 Å². The minimum Gasteiger partial charge on any atom is -0.342 e. The summed E-state index contributed by atoms with van der Waals surface area (Å²) in [4.78, 5) is 25.8. The predicted octanol–water partition coefficient (Wildman–Crippen LogP) is 2.60. The Hall–Kier alpha value is -2.67. The molecule has 3 aromatic rings. The lowest BCUT2D eigenvalue weighted by atomic mass is 9.96. The van der Waals surface area contributed by atoms with E-state index in [1.807, 2.05) is 11.0 Å². The molecule has 0 saturated carbocycles. The molecule has 2 aliphatic heterocycles.